The van der Waals surface area contributed by atoms with Crippen LogP contribution < -0.4 is 9.64 Å². The van der Waals surface area contributed by atoms with Gasteiger partial charge >= 0.3 is 5.97 Å². The van der Waals surface area contributed by atoms with Crippen LogP contribution in [0.25, 0.3) is 6.08 Å². The van der Waals surface area contributed by atoms with Crippen LogP contribution in [0.1, 0.15) is 98.7 Å². The highest BCUT2D eigenvalue weighted by Gasteiger charge is 2.41. The number of hydrogen-bond acceptors (Lipinski definition) is 4. The lowest BCUT2D eigenvalue weighted by atomic mass is 9.62. The number of hydrogen-bond donors (Lipinski definition) is 2. The minimum Gasteiger partial charge on any atom is -0.483 e. The van der Waals surface area contributed by atoms with E-state index < -0.39 is 17.7 Å². The zero-order valence-corrected chi connectivity index (χ0v) is 25.1. The molecule has 0 aliphatic heterocycles. The van der Waals surface area contributed by atoms with Gasteiger partial charge in [-0.15, -0.1) is 0 Å². The van der Waals surface area contributed by atoms with E-state index in [1.807, 2.05) is 26.2 Å². The second-order valence-electron chi connectivity index (χ2n) is 13.0. The van der Waals surface area contributed by atoms with Crippen molar-refractivity contribution in [2.24, 2.45) is 0 Å². The Morgan fingerprint density at radius 2 is 1.55 bits per heavy atom. The molecule has 2 N–H and O–H groups in total. The number of nitrogens with zero attached hydrogens (tertiary/aromatic N) is 1. The van der Waals surface area contributed by atoms with Gasteiger partial charge in [-0.05, 0) is 90.1 Å². The van der Waals surface area contributed by atoms with E-state index in [2.05, 4.69) is 76.8 Å². The molecule has 0 saturated carbocycles. The summed E-state index contributed by atoms with van der Waals surface area (Å²) in [6.07, 6.45) is 4.81. The fraction of sp³-hybridized carbons (Fsp3) is 0.400. The summed E-state index contributed by atoms with van der Waals surface area (Å²) in [5.74, 6) is -0.149. The third-order valence-electron chi connectivity index (χ3n) is 8.32. The molecule has 1 aliphatic carbocycles. The molecular formula is C35H43NO4. The van der Waals surface area contributed by atoms with E-state index in [4.69, 9.17) is 9.84 Å². The fourth-order valence-corrected chi connectivity index (χ4v) is 5.55. The average Bonchev–Trinajstić information content (AvgIpc) is 2.89. The third kappa shape index (κ3) is 6.10. The van der Waals surface area contributed by atoms with Crippen molar-refractivity contribution in [2.45, 2.75) is 76.9 Å². The number of carbonyl (C=O) groups is 1. The van der Waals surface area contributed by atoms with Gasteiger partial charge in [0.1, 0.15) is 11.4 Å². The molecule has 1 atom stereocenters. The maximum atomic E-state index is 11.3. The summed E-state index contributed by atoms with van der Waals surface area (Å²) < 4.78 is 6.90. The normalized spacial score (nSPS) is 16.8. The van der Waals surface area contributed by atoms with Crippen molar-refractivity contribution in [3.8, 4) is 5.75 Å². The number of carboxylic acid groups (broad SMARTS) is 1. The van der Waals surface area contributed by atoms with Crippen LogP contribution >= 0.6 is 0 Å². The molecule has 40 heavy (non-hydrogen) atoms. The molecular weight excluding hydrogens is 498 g/mol. The molecule has 5 nitrogen and oxygen atoms in total. The highest BCUT2D eigenvalue weighted by molar-refractivity contribution is 5.87. The van der Waals surface area contributed by atoms with Gasteiger partial charge in [0.15, 0.2) is 0 Å². The molecule has 1 aliphatic rings. The molecule has 0 amide bonds. The van der Waals surface area contributed by atoms with Crippen molar-refractivity contribution >= 4 is 17.7 Å². The summed E-state index contributed by atoms with van der Waals surface area (Å²) in [7, 11) is 4.06. The Morgan fingerprint density at radius 3 is 2.12 bits per heavy atom. The first-order valence-corrected chi connectivity index (χ1v) is 14.0. The third-order valence-corrected chi connectivity index (χ3v) is 8.32. The summed E-state index contributed by atoms with van der Waals surface area (Å²) >= 11 is 0. The summed E-state index contributed by atoms with van der Waals surface area (Å²) in [6.45, 7) is 13.3. The number of aliphatic hydroxyl groups excluding tert-OH is 1. The summed E-state index contributed by atoms with van der Waals surface area (Å²) in [5, 5.41) is 20.5. The molecule has 0 aromatic heterocycles. The summed E-state index contributed by atoms with van der Waals surface area (Å²) in [5.41, 5.74) is 5.74. The van der Waals surface area contributed by atoms with Gasteiger partial charge in [0.05, 0.1) is 11.7 Å². The molecule has 0 bridgehead atoms. The van der Waals surface area contributed by atoms with E-state index in [1.165, 1.54) is 11.1 Å². The van der Waals surface area contributed by atoms with Crippen molar-refractivity contribution < 1.29 is 19.7 Å². The number of aliphatic hydroxyl groups is 1. The molecule has 0 saturated heterocycles. The number of benzene rings is 3. The second kappa shape index (κ2) is 10.8. The Morgan fingerprint density at radius 1 is 0.950 bits per heavy atom. The first-order valence-electron chi connectivity index (χ1n) is 14.0. The van der Waals surface area contributed by atoms with Gasteiger partial charge in [-0.1, -0.05) is 70.2 Å². The Bertz CT molecular complexity index is 1400. The maximum absolute atomic E-state index is 11.3. The van der Waals surface area contributed by atoms with E-state index in [1.54, 1.807) is 30.3 Å². The van der Waals surface area contributed by atoms with Gasteiger partial charge in [-0.25, -0.2) is 4.79 Å². The Hall–Kier alpha value is -3.57. The van der Waals surface area contributed by atoms with Crippen LogP contribution in [0.5, 0.6) is 5.75 Å². The molecule has 0 radical (unpaired) electrons. The van der Waals surface area contributed by atoms with E-state index in [-0.39, 0.29) is 16.4 Å². The Balaban J connectivity index is 1.75. The van der Waals surface area contributed by atoms with Crippen molar-refractivity contribution in [1.29, 1.82) is 0 Å². The number of anilines is 1. The topological polar surface area (TPSA) is 70.0 Å². The van der Waals surface area contributed by atoms with Crippen LogP contribution in [-0.4, -0.2) is 30.3 Å². The van der Waals surface area contributed by atoms with Gasteiger partial charge in [-0.3, -0.25) is 0 Å². The smallest absolute Gasteiger partial charge is 0.335 e. The monoisotopic (exact) mass is 541 g/mol. The average molecular weight is 542 g/mol. The first kappa shape index (κ1) is 29.4. The lowest BCUT2D eigenvalue weighted by molar-refractivity contribution is 0.0696. The molecule has 0 heterocycles. The highest BCUT2D eigenvalue weighted by Crippen LogP contribution is 2.51. The van der Waals surface area contributed by atoms with Crippen molar-refractivity contribution in [3.05, 3.63) is 100 Å². The minimum absolute atomic E-state index is 0.0629. The quantitative estimate of drug-likeness (QED) is 0.304. The molecule has 212 valence electrons. The standard InChI is InChI=1S/C35H43NO4/c1-33(2)19-20-34(3,4)31-28(33)21-25(29(37)18-11-23-9-12-24(13-10-23)32(38)39)22-30(31)40-35(5,6)26-14-16-27(17-15-26)36(7)8/h9-18,21-22,29,37H,19-20H2,1-8H3,(H,38,39)/b18-11+. The fourth-order valence-electron chi connectivity index (χ4n) is 5.55. The molecule has 1 unspecified atom stereocenters. The van der Waals surface area contributed by atoms with Crippen molar-refractivity contribution in [2.75, 3.05) is 19.0 Å². The second-order valence-corrected chi connectivity index (χ2v) is 13.0. The van der Waals surface area contributed by atoms with Gasteiger partial charge in [-0.2, -0.15) is 0 Å². The first-order chi connectivity index (χ1) is 18.6. The predicted molar refractivity (Wildman–Crippen MR) is 164 cm³/mol. The number of aromatic carboxylic acids is 1. The van der Waals surface area contributed by atoms with E-state index in [0.717, 1.165) is 41.0 Å². The SMILES string of the molecule is CN(C)c1ccc(C(C)(C)Oc2cc(C(O)/C=C/c3ccc(C(=O)O)cc3)cc3c2C(C)(C)CCC3(C)C)cc1. The molecule has 3 aromatic rings. The molecule has 3 aromatic carbocycles. The molecule has 0 fully saturated rings. The predicted octanol–water partition coefficient (Wildman–Crippen LogP) is 7.86. The number of carboxylic acids is 1. The highest BCUT2D eigenvalue weighted by atomic mass is 16.5. The van der Waals surface area contributed by atoms with E-state index in [0.29, 0.717) is 0 Å². The van der Waals surface area contributed by atoms with Gasteiger partial charge < -0.3 is 19.8 Å². The number of rotatable bonds is 8. The number of fused-ring (bicyclic) bond motifs is 1. The maximum Gasteiger partial charge on any atom is 0.335 e. The van der Waals surface area contributed by atoms with Crippen LogP contribution in [0.2, 0.25) is 0 Å². The van der Waals surface area contributed by atoms with Crippen LogP contribution in [0.3, 0.4) is 0 Å². The molecule has 5 heteroatoms. The zero-order chi connectivity index (χ0) is 29.5. The zero-order valence-electron chi connectivity index (χ0n) is 25.1. The summed E-state index contributed by atoms with van der Waals surface area (Å²) in [4.78, 5) is 13.3. The minimum atomic E-state index is -0.959. The number of ether oxygens (including phenoxy) is 1. The van der Waals surface area contributed by atoms with Crippen molar-refractivity contribution in [1.82, 2.24) is 0 Å². The van der Waals surface area contributed by atoms with Crippen LogP contribution in [-0.2, 0) is 16.4 Å². The van der Waals surface area contributed by atoms with Crippen LogP contribution in [0.15, 0.2) is 66.7 Å². The van der Waals surface area contributed by atoms with Gasteiger partial charge in [0.2, 0.25) is 0 Å². The molecule has 0 spiro atoms. The lowest BCUT2D eigenvalue weighted by Gasteiger charge is -2.44. The van der Waals surface area contributed by atoms with E-state index >= 15 is 0 Å². The molecule has 4 rings (SSSR count). The largest absolute Gasteiger partial charge is 0.483 e. The Kier molecular flexibility index (Phi) is 7.92. The van der Waals surface area contributed by atoms with Crippen LogP contribution in [0.4, 0.5) is 5.69 Å². The lowest BCUT2D eigenvalue weighted by Crippen LogP contribution is -2.36. The van der Waals surface area contributed by atoms with E-state index in [9.17, 15) is 9.90 Å². The Labute approximate surface area is 239 Å². The summed E-state index contributed by atoms with van der Waals surface area (Å²) in [6, 6.07) is 19.2. The van der Waals surface area contributed by atoms with Gasteiger partial charge in [0.25, 0.3) is 0 Å². The van der Waals surface area contributed by atoms with Crippen molar-refractivity contribution in [3.63, 3.8) is 0 Å². The van der Waals surface area contributed by atoms with Gasteiger partial charge in [0, 0.05) is 25.3 Å². The van der Waals surface area contributed by atoms with Crippen LogP contribution in [0, 0.1) is 0 Å².